The van der Waals surface area contributed by atoms with E-state index in [2.05, 4.69) is 32.6 Å². The van der Waals surface area contributed by atoms with Gasteiger partial charge in [0.1, 0.15) is 5.60 Å². The second-order valence-electron chi connectivity index (χ2n) is 5.89. The van der Waals surface area contributed by atoms with Crippen LogP contribution in [-0.4, -0.2) is 10.7 Å². The molecule has 1 aromatic rings. The summed E-state index contributed by atoms with van der Waals surface area (Å²) in [5, 5.41) is 10.9. The number of rotatable bonds is 1. The van der Waals surface area contributed by atoms with Crippen LogP contribution < -0.4 is 0 Å². The lowest BCUT2D eigenvalue weighted by molar-refractivity contribution is -0.0326. The Labute approximate surface area is 109 Å². The van der Waals surface area contributed by atoms with Gasteiger partial charge in [-0.1, -0.05) is 33.1 Å². The van der Waals surface area contributed by atoms with E-state index >= 15 is 0 Å². The highest BCUT2D eigenvalue weighted by Crippen LogP contribution is 2.40. The molecular weight excluding hydrogens is 224 g/mol. The van der Waals surface area contributed by atoms with Gasteiger partial charge in [-0.3, -0.25) is 0 Å². The maximum Gasteiger partial charge on any atom is 0.176 e. The molecule has 1 fully saturated rings. The highest BCUT2D eigenvalue weighted by Gasteiger charge is 2.41. The Morgan fingerprint density at radius 3 is 2.83 bits per heavy atom. The fraction of sp³-hybridized carbons (Fsp3) is 0.625. The van der Waals surface area contributed by atoms with Gasteiger partial charge in [0, 0.05) is 5.92 Å². The van der Waals surface area contributed by atoms with Crippen LogP contribution in [0.2, 0.25) is 0 Å². The topological polar surface area (TPSA) is 33.4 Å². The van der Waals surface area contributed by atoms with Crippen molar-refractivity contribution < 1.29 is 9.52 Å². The van der Waals surface area contributed by atoms with Gasteiger partial charge in [-0.2, -0.15) is 0 Å². The SMILES string of the molecule is CC(C)[C@@H]1CC[C@@H](C)C[C@@]1(O)C#Cc1ccco1. The molecule has 2 rings (SSSR count). The second kappa shape index (κ2) is 5.20. The van der Waals surface area contributed by atoms with E-state index in [1.807, 2.05) is 12.1 Å². The molecule has 18 heavy (non-hydrogen) atoms. The molecule has 1 saturated carbocycles. The molecular formula is C16H22O2. The molecule has 0 saturated heterocycles. The monoisotopic (exact) mass is 246 g/mol. The summed E-state index contributed by atoms with van der Waals surface area (Å²) in [6.45, 7) is 6.52. The van der Waals surface area contributed by atoms with E-state index < -0.39 is 5.60 Å². The Hall–Kier alpha value is -1.20. The van der Waals surface area contributed by atoms with Crippen molar-refractivity contribution >= 4 is 0 Å². The molecule has 0 radical (unpaired) electrons. The van der Waals surface area contributed by atoms with E-state index in [0.717, 1.165) is 12.8 Å². The molecule has 2 nitrogen and oxygen atoms in total. The molecule has 2 heteroatoms. The first-order valence-corrected chi connectivity index (χ1v) is 6.80. The molecule has 98 valence electrons. The molecule has 0 spiro atoms. The normalized spacial score (nSPS) is 32.1. The first kappa shape index (κ1) is 13.2. The van der Waals surface area contributed by atoms with Crippen LogP contribution in [0, 0.1) is 29.6 Å². The zero-order valence-corrected chi connectivity index (χ0v) is 11.4. The molecule has 0 aromatic carbocycles. The number of aliphatic hydroxyl groups is 1. The number of hydrogen-bond donors (Lipinski definition) is 1. The predicted octanol–water partition coefficient (Wildman–Crippen LogP) is 3.45. The highest BCUT2D eigenvalue weighted by molar-refractivity contribution is 5.29. The molecule has 1 aliphatic rings. The average Bonchev–Trinajstić information content (AvgIpc) is 2.78. The minimum atomic E-state index is -0.862. The Balaban J connectivity index is 2.23. The maximum absolute atomic E-state index is 10.9. The summed E-state index contributed by atoms with van der Waals surface area (Å²) in [5.74, 6) is 7.93. The standard InChI is InChI=1S/C16H22O2/c1-12(2)15-7-6-13(3)11-16(15,17)9-8-14-5-4-10-18-14/h4-5,10,12-13,15,17H,6-7,11H2,1-3H3/t13-,15+,16+/m1/s1. The summed E-state index contributed by atoms with van der Waals surface area (Å²) < 4.78 is 5.21. The molecule has 0 unspecified atom stereocenters. The van der Waals surface area contributed by atoms with Gasteiger partial charge in [0.05, 0.1) is 6.26 Å². The van der Waals surface area contributed by atoms with Crippen LogP contribution in [0.4, 0.5) is 0 Å². The minimum absolute atomic E-state index is 0.260. The van der Waals surface area contributed by atoms with Crippen LogP contribution in [0.15, 0.2) is 22.8 Å². The van der Waals surface area contributed by atoms with Crippen molar-refractivity contribution in [1.29, 1.82) is 0 Å². The van der Waals surface area contributed by atoms with Gasteiger partial charge in [-0.15, -0.1) is 0 Å². The lowest BCUT2D eigenvalue weighted by Crippen LogP contribution is -2.44. The second-order valence-corrected chi connectivity index (χ2v) is 5.89. The molecule has 0 amide bonds. The van der Waals surface area contributed by atoms with Crippen molar-refractivity contribution in [3.8, 4) is 11.8 Å². The van der Waals surface area contributed by atoms with Crippen molar-refractivity contribution in [3.05, 3.63) is 24.2 Å². The molecule has 1 N–H and O–H groups in total. The Morgan fingerprint density at radius 2 is 2.22 bits per heavy atom. The molecule has 0 bridgehead atoms. The van der Waals surface area contributed by atoms with Crippen molar-refractivity contribution in [2.24, 2.45) is 17.8 Å². The van der Waals surface area contributed by atoms with Crippen molar-refractivity contribution in [2.75, 3.05) is 0 Å². The summed E-state index contributed by atoms with van der Waals surface area (Å²) in [5.41, 5.74) is -0.862. The molecule has 1 aromatic heterocycles. The number of hydrogen-bond acceptors (Lipinski definition) is 2. The quantitative estimate of drug-likeness (QED) is 0.770. The van der Waals surface area contributed by atoms with E-state index in [1.54, 1.807) is 6.26 Å². The van der Waals surface area contributed by atoms with Crippen LogP contribution in [0.25, 0.3) is 0 Å². The summed E-state index contributed by atoms with van der Waals surface area (Å²) in [7, 11) is 0. The summed E-state index contributed by atoms with van der Waals surface area (Å²) in [4.78, 5) is 0. The van der Waals surface area contributed by atoms with Gasteiger partial charge >= 0.3 is 0 Å². The lowest BCUT2D eigenvalue weighted by atomic mass is 9.67. The van der Waals surface area contributed by atoms with E-state index in [-0.39, 0.29) is 5.92 Å². The zero-order chi connectivity index (χ0) is 13.2. The Morgan fingerprint density at radius 1 is 1.44 bits per heavy atom. The van der Waals surface area contributed by atoms with Crippen LogP contribution in [0.3, 0.4) is 0 Å². The molecule has 0 aliphatic heterocycles. The van der Waals surface area contributed by atoms with Crippen LogP contribution in [0.5, 0.6) is 0 Å². The third-order valence-electron chi connectivity index (χ3n) is 3.97. The van der Waals surface area contributed by atoms with Gasteiger partial charge in [0.15, 0.2) is 5.76 Å². The van der Waals surface area contributed by atoms with Gasteiger partial charge < -0.3 is 9.52 Å². The molecule has 3 atom stereocenters. The Kier molecular flexibility index (Phi) is 3.82. The van der Waals surface area contributed by atoms with E-state index in [1.165, 1.54) is 6.42 Å². The van der Waals surface area contributed by atoms with Crippen molar-refractivity contribution in [1.82, 2.24) is 0 Å². The van der Waals surface area contributed by atoms with E-state index in [0.29, 0.717) is 17.6 Å². The lowest BCUT2D eigenvalue weighted by Gasteiger charge is -2.41. The van der Waals surface area contributed by atoms with E-state index in [4.69, 9.17) is 4.42 Å². The van der Waals surface area contributed by atoms with Gasteiger partial charge in [0.2, 0.25) is 0 Å². The van der Waals surface area contributed by atoms with Crippen molar-refractivity contribution in [3.63, 3.8) is 0 Å². The predicted molar refractivity (Wildman–Crippen MR) is 71.9 cm³/mol. The van der Waals surface area contributed by atoms with Gasteiger partial charge in [-0.25, -0.2) is 0 Å². The van der Waals surface area contributed by atoms with E-state index in [9.17, 15) is 5.11 Å². The third-order valence-corrected chi connectivity index (χ3v) is 3.97. The minimum Gasteiger partial charge on any atom is -0.456 e. The maximum atomic E-state index is 10.9. The molecule has 1 aliphatic carbocycles. The zero-order valence-electron chi connectivity index (χ0n) is 11.4. The average molecular weight is 246 g/mol. The number of furan rings is 1. The smallest absolute Gasteiger partial charge is 0.176 e. The molecule has 1 heterocycles. The van der Waals surface area contributed by atoms with Crippen LogP contribution in [-0.2, 0) is 0 Å². The van der Waals surface area contributed by atoms with Crippen LogP contribution >= 0.6 is 0 Å². The largest absolute Gasteiger partial charge is 0.456 e. The van der Waals surface area contributed by atoms with Gasteiger partial charge in [0.25, 0.3) is 0 Å². The highest BCUT2D eigenvalue weighted by atomic mass is 16.3. The third kappa shape index (κ3) is 2.79. The first-order valence-electron chi connectivity index (χ1n) is 6.80. The van der Waals surface area contributed by atoms with Gasteiger partial charge in [-0.05, 0) is 42.7 Å². The Bertz CT molecular complexity index is 435. The van der Waals surface area contributed by atoms with Crippen LogP contribution in [0.1, 0.15) is 45.8 Å². The first-order chi connectivity index (χ1) is 8.51. The fourth-order valence-electron chi connectivity index (χ4n) is 3.04. The summed E-state index contributed by atoms with van der Waals surface area (Å²) >= 11 is 0. The van der Waals surface area contributed by atoms with Crippen molar-refractivity contribution in [2.45, 2.75) is 45.6 Å². The summed E-state index contributed by atoms with van der Waals surface area (Å²) in [6.07, 6.45) is 4.62. The fourth-order valence-corrected chi connectivity index (χ4v) is 3.04. The summed E-state index contributed by atoms with van der Waals surface area (Å²) in [6, 6.07) is 3.64.